The number of hydrogen-bond donors (Lipinski definition) is 1. The van der Waals surface area contributed by atoms with Crippen molar-refractivity contribution in [1.29, 1.82) is 0 Å². The van der Waals surface area contributed by atoms with Crippen LogP contribution >= 0.6 is 0 Å². The Morgan fingerprint density at radius 1 is 1.18 bits per heavy atom. The molecular formula is C21H28N6O. The summed E-state index contributed by atoms with van der Waals surface area (Å²) in [5.41, 5.74) is 2.47. The third-order valence-corrected chi connectivity index (χ3v) is 6.37. The molecule has 28 heavy (non-hydrogen) atoms. The molecule has 7 nitrogen and oxygen atoms in total. The average Bonchev–Trinajstić information content (AvgIpc) is 3.32. The standard InChI is InChI=1S/C21H28N6O/c1-15-11-26(14-20-22-5-2-6-23-20)12-18(15)19-13-27-17(9-24-19)10-25-21(27)16-3-7-28-8-4-16/h2,5-6,9-10,13,15-16,18,21,24H,3-4,7-8,11-12,14H2,1H3/t15-,18-,21?/m1/s1. The van der Waals surface area contributed by atoms with E-state index in [1.165, 1.54) is 11.4 Å². The summed E-state index contributed by atoms with van der Waals surface area (Å²) in [6.07, 6.45) is 12.5. The third kappa shape index (κ3) is 3.44. The molecule has 2 saturated heterocycles. The molecular weight excluding hydrogens is 352 g/mol. The van der Waals surface area contributed by atoms with Crippen molar-refractivity contribution in [2.45, 2.75) is 32.5 Å². The Morgan fingerprint density at radius 3 is 2.82 bits per heavy atom. The lowest BCUT2D eigenvalue weighted by Gasteiger charge is -2.35. The normalized spacial score (nSPS) is 30.8. The molecule has 0 spiro atoms. The molecule has 2 fully saturated rings. The van der Waals surface area contributed by atoms with E-state index in [1.54, 1.807) is 0 Å². The summed E-state index contributed by atoms with van der Waals surface area (Å²) in [7, 11) is 0. The molecule has 7 heteroatoms. The Labute approximate surface area is 166 Å². The molecule has 0 radical (unpaired) electrons. The highest BCUT2D eigenvalue weighted by molar-refractivity contribution is 5.81. The van der Waals surface area contributed by atoms with Crippen LogP contribution in [0.4, 0.5) is 0 Å². The van der Waals surface area contributed by atoms with Gasteiger partial charge in [0.05, 0.1) is 12.2 Å². The molecule has 1 aromatic rings. The number of allylic oxidation sites excluding steroid dienone is 1. The number of aromatic nitrogens is 2. The molecule has 148 valence electrons. The van der Waals surface area contributed by atoms with Crippen LogP contribution in [0, 0.1) is 17.8 Å². The first-order valence-electron chi connectivity index (χ1n) is 10.3. The van der Waals surface area contributed by atoms with Gasteiger partial charge in [-0.05, 0) is 24.8 Å². The fourth-order valence-corrected chi connectivity index (χ4v) is 4.83. The first kappa shape index (κ1) is 17.8. The Morgan fingerprint density at radius 2 is 2.00 bits per heavy atom. The van der Waals surface area contributed by atoms with E-state index in [1.807, 2.05) is 24.7 Å². The molecule has 0 saturated carbocycles. The van der Waals surface area contributed by atoms with Crippen molar-refractivity contribution in [1.82, 2.24) is 25.1 Å². The van der Waals surface area contributed by atoms with E-state index >= 15 is 0 Å². The predicted octanol–water partition coefficient (Wildman–Crippen LogP) is 1.97. The fourth-order valence-electron chi connectivity index (χ4n) is 4.83. The second kappa shape index (κ2) is 7.64. The summed E-state index contributed by atoms with van der Waals surface area (Å²) in [6.45, 7) is 6.96. The average molecular weight is 380 g/mol. The first-order chi connectivity index (χ1) is 13.8. The molecule has 0 aromatic carbocycles. The number of fused-ring (bicyclic) bond motifs is 1. The van der Waals surface area contributed by atoms with Crippen molar-refractivity contribution in [3.8, 4) is 0 Å². The number of rotatable bonds is 4. The topological polar surface area (TPSA) is 65.9 Å². The second-order valence-electron chi connectivity index (χ2n) is 8.29. The van der Waals surface area contributed by atoms with E-state index in [0.717, 1.165) is 51.5 Å². The van der Waals surface area contributed by atoms with Gasteiger partial charge in [0.25, 0.3) is 0 Å². The summed E-state index contributed by atoms with van der Waals surface area (Å²) in [5.74, 6) is 2.54. The number of hydrogen-bond acceptors (Lipinski definition) is 7. The monoisotopic (exact) mass is 380 g/mol. The van der Waals surface area contributed by atoms with Crippen LogP contribution in [0.25, 0.3) is 0 Å². The third-order valence-electron chi connectivity index (χ3n) is 6.37. The summed E-state index contributed by atoms with van der Waals surface area (Å²) in [5, 5.41) is 3.55. The molecule has 5 heterocycles. The largest absolute Gasteiger partial charge is 0.381 e. The zero-order chi connectivity index (χ0) is 18.9. The van der Waals surface area contributed by atoms with Crippen molar-refractivity contribution < 1.29 is 4.74 Å². The lowest BCUT2D eigenvalue weighted by molar-refractivity contribution is 0.0452. The number of nitrogens with zero attached hydrogens (tertiary/aromatic N) is 5. The van der Waals surface area contributed by atoms with Crippen molar-refractivity contribution in [3.05, 3.63) is 48.1 Å². The van der Waals surface area contributed by atoms with Gasteiger partial charge in [-0.3, -0.25) is 9.89 Å². The number of ether oxygens (including phenoxy) is 1. The molecule has 4 aliphatic heterocycles. The van der Waals surface area contributed by atoms with Crippen LogP contribution < -0.4 is 5.32 Å². The molecule has 0 bridgehead atoms. The minimum absolute atomic E-state index is 0.220. The summed E-state index contributed by atoms with van der Waals surface area (Å²) >= 11 is 0. The maximum Gasteiger partial charge on any atom is 0.142 e. The van der Waals surface area contributed by atoms with Crippen LogP contribution in [0.5, 0.6) is 0 Å². The van der Waals surface area contributed by atoms with Crippen molar-refractivity contribution in [2.24, 2.45) is 22.7 Å². The molecule has 3 atom stereocenters. The first-order valence-corrected chi connectivity index (χ1v) is 10.3. The number of aliphatic imine (C=N–C) groups is 1. The van der Waals surface area contributed by atoms with Crippen LogP contribution in [0.15, 0.2) is 47.2 Å². The minimum Gasteiger partial charge on any atom is -0.381 e. The van der Waals surface area contributed by atoms with Gasteiger partial charge in [-0.2, -0.15) is 0 Å². The van der Waals surface area contributed by atoms with Gasteiger partial charge in [0.2, 0.25) is 0 Å². The number of likely N-dealkylation sites (tertiary alicyclic amines) is 1. The van der Waals surface area contributed by atoms with Gasteiger partial charge in [-0.25, -0.2) is 9.97 Å². The molecule has 0 amide bonds. The Bertz CT molecular complexity index is 785. The van der Waals surface area contributed by atoms with Gasteiger partial charge in [-0.15, -0.1) is 0 Å². The molecule has 1 unspecified atom stereocenters. The Balaban J connectivity index is 1.28. The van der Waals surface area contributed by atoms with E-state index in [9.17, 15) is 0 Å². The fraction of sp³-hybridized carbons (Fsp3) is 0.571. The summed E-state index contributed by atoms with van der Waals surface area (Å²) in [6, 6.07) is 1.87. The van der Waals surface area contributed by atoms with Crippen LogP contribution in [0.2, 0.25) is 0 Å². The highest BCUT2D eigenvalue weighted by atomic mass is 16.5. The van der Waals surface area contributed by atoms with E-state index in [2.05, 4.69) is 44.4 Å². The molecule has 1 aromatic heterocycles. The van der Waals surface area contributed by atoms with Crippen molar-refractivity contribution in [3.63, 3.8) is 0 Å². The molecule has 1 N–H and O–H groups in total. The van der Waals surface area contributed by atoms with Gasteiger partial charge >= 0.3 is 0 Å². The van der Waals surface area contributed by atoms with Crippen LogP contribution in [-0.4, -0.2) is 58.5 Å². The van der Waals surface area contributed by atoms with Crippen molar-refractivity contribution >= 4 is 6.21 Å². The van der Waals surface area contributed by atoms with E-state index in [-0.39, 0.29) is 6.17 Å². The minimum atomic E-state index is 0.220. The lowest BCUT2D eigenvalue weighted by Crippen LogP contribution is -2.38. The van der Waals surface area contributed by atoms with Gasteiger partial charge in [-0.1, -0.05) is 6.92 Å². The van der Waals surface area contributed by atoms with Gasteiger partial charge in [0, 0.05) is 74.8 Å². The van der Waals surface area contributed by atoms with Gasteiger partial charge < -0.3 is 15.0 Å². The predicted molar refractivity (Wildman–Crippen MR) is 107 cm³/mol. The van der Waals surface area contributed by atoms with Crippen LogP contribution in [0.1, 0.15) is 25.6 Å². The van der Waals surface area contributed by atoms with E-state index in [0.29, 0.717) is 17.8 Å². The van der Waals surface area contributed by atoms with E-state index < -0.39 is 0 Å². The summed E-state index contributed by atoms with van der Waals surface area (Å²) < 4.78 is 5.54. The Hall–Kier alpha value is -2.25. The van der Waals surface area contributed by atoms with Crippen LogP contribution in [-0.2, 0) is 11.3 Å². The van der Waals surface area contributed by atoms with E-state index in [4.69, 9.17) is 9.73 Å². The highest BCUT2D eigenvalue weighted by Crippen LogP contribution is 2.35. The Kier molecular flexibility index (Phi) is 4.86. The lowest BCUT2D eigenvalue weighted by atomic mass is 9.93. The van der Waals surface area contributed by atoms with Crippen LogP contribution in [0.3, 0.4) is 0 Å². The van der Waals surface area contributed by atoms with Gasteiger partial charge in [0.15, 0.2) is 0 Å². The quantitative estimate of drug-likeness (QED) is 0.862. The molecule has 5 rings (SSSR count). The zero-order valence-electron chi connectivity index (χ0n) is 16.4. The van der Waals surface area contributed by atoms with Crippen molar-refractivity contribution in [2.75, 3.05) is 26.3 Å². The smallest absolute Gasteiger partial charge is 0.142 e. The maximum atomic E-state index is 5.54. The maximum absolute atomic E-state index is 5.54. The summed E-state index contributed by atoms with van der Waals surface area (Å²) in [4.78, 5) is 18.4. The zero-order valence-corrected chi connectivity index (χ0v) is 16.4. The second-order valence-corrected chi connectivity index (χ2v) is 8.29. The number of nitrogens with one attached hydrogen (secondary N) is 1. The highest BCUT2D eigenvalue weighted by Gasteiger charge is 2.37. The molecule has 4 aliphatic rings. The SMILES string of the molecule is C[C@@H]1CN(Cc2ncccn2)C[C@H]1C1=CN2C(=CN1)C=NC2C1CCOCC1. The van der Waals surface area contributed by atoms with Gasteiger partial charge in [0.1, 0.15) is 12.0 Å². The molecule has 0 aliphatic carbocycles.